The van der Waals surface area contributed by atoms with Crippen molar-refractivity contribution < 1.29 is 0 Å². The van der Waals surface area contributed by atoms with Gasteiger partial charge in [0.15, 0.2) is 0 Å². The lowest BCUT2D eigenvalue weighted by Crippen LogP contribution is -2.47. The van der Waals surface area contributed by atoms with Crippen molar-refractivity contribution in [3.8, 4) is 0 Å². The fourth-order valence-electron chi connectivity index (χ4n) is 3.73. The molecule has 1 aromatic rings. The first-order valence-electron chi connectivity index (χ1n) is 7.47. The number of piperidine rings is 1. The van der Waals surface area contributed by atoms with Crippen LogP contribution in [0.3, 0.4) is 0 Å². The van der Waals surface area contributed by atoms with Crippen LogP contribution in [0.1, 0.15) is 44.2 Å². The lowest BCUT2D eigenvalue weighted by Gasteiger charge is -2.39. The summed E-state index contributed by atoms with van der Waals surface area (Å²) in [5.41, 5.74) is 1.13. The van der Waals surface area contributed by atoms with Gasteiger partial charge < -0.3 is 5.32 Å². The zero-order chi connectivity index (χ0) is 14.3. The van der Waals surface area contributed by atoms with E-state index in [4.69, 9.17) is 23.2 Å². The summed E-state index contributed by atoms with van der Waals surface area (Å²) in [6, 6.07) is 8.11. The molecule has 1 N–H and O–H groups in total. The Kier molecular flexibility index (Phi) is 4.28. The van der Waals surface area contributed by atoms with Crippen molar-refractivity contribution >= 4 is 23.2 Å². The Labute approximate surface area is 131 Å². The molecule has 0 spiro atoms. The highest BCUT2D eigenvalue weighted by molar-refractivity contribution is 6.33. The van der Waals surface area contributed by atoms with Crippen LogP contribution in [-0.2, 0) is 0 Å². The summed E-state index contributed by atoms with van der Waals surface area (Å²) in [6.45, 7) is 2.22. The number of nitrogens with zero attached hydrogens (tertiary/aromatic N) is 1. The molecule has 2 saturated heterocycles. The highest BCUT2D eigenvalue weighted by atomic mass is 35.5. The van der Waals surface area contributed by atoms with Crippen LogP contribution < -0.4 is 5.32 Å². The third-order valence-electron chi connectivity index (χ3n) is 5.04. The highest BCUT2D eigenvalue weighted by Gasteiger charge is 2.36. The first-order valence-corrected chi connectivity index (χ1v) is 8.23. The highest BCUT2D eigenvalue weighted by Crippen LogP contribution is 2.35. The maximum atomic E-state index is 6.35. The third kappa shape index (κ3) is 2.85. The van der Waals surface area contributed by atoms with E-state index in [-0.39, 0.29) is 0 Å². The van der Waals surface area contributed by atoms with Gasteiger partial charge in [-0.2, -0.15) is 0 Å². The summed E-state index contributed by atoms with van der Waals surface area (Å²) in [5.74, 6) is 0. The fourth-order valence-corrected chi connectivity index (χ4v) is 4.19. The van der Waals surface area contributed by atoms with Crippen molar-refractivity contribution in [3.05, 3.63) is 33.8 Å². The molecule has 0 amide bonds. The molecule has 3 unspecified atom stereocenters. The average molecular weight is 313 g/mol. The van der Waals surface area contributed by atoms with Crippen LogP contribution in [0, 0.1) is 0 Å². The molecular weight excluding hydrogens is 291 g/mol. The largest absolute Gasteiger partial charge is 0.311 e. The third-order valence-corrected chi connectivity index (χ3v) is 5.62. The Bertz CT molecular complexity index is 479. The number of fused-ring (bicyclic) bond motifs is 2. The van der Waals surface area contributed by atoms with E-state index in [0.717, 1.165) is 15.6 Å². The lowest BCUT2D eigenvalue weighted by molar-refractivity contribution is 0.133. The van der Waals surface area contributed by atoms with Crippen LogP contribution in [0.4, 0.5) is 0 Å². The van der Waals surface area contributed by atoms with Crippen molar-refractivity contribution in [3.63, 3.8) is 0 Å². The van der Waals surface area contributed by atoms with E-state index in [1.807, 2.05) is 18.2 Å². The van der Waals surface area contributed by atoms with Gasteiger partial charge in [0.2, 0.25) is 0 Å². The van der Waals surface area contributed by atoms with E-state index in [1.54, 1.807) is 0 Å². The minimum absolute atomic E-state index is 0.295. The van der Waals surface area contributed by atoms with Crippen molar-refractivity contribution in [2.45, 2.75) is 56.8 Å². The zero-order valence-electron chi connectivity index (χ0n) is 12.1. The van der Waals surface area contributed by atoms with Gasteiger partial charge in [0.1, 0.15) is 0 Å². The number of hydrogen-bond acceptors (Lipinski definition) is 2. The molecule has 2 aliphatic rings. The smallest absolute Gasteiger partial charge is 0.0454 e. The second kappa shape index (κ2) is 5.84. The average Bonchev–Trinajstić information content (AvgIpc) is 2.78. The SMILES string of the molecule is CC(c1cc(Cl)ccc1Cl)N(C)C1CC2CCC(C1)N2. The van der Waals surface area contributed by atoms with E-state index < -0.39 is 0 Å². The molecule has 2 bridgehead atoms. The summed E-state index contributed by atoms with van der Waals surface area (Å²) in [6.07, 6.45) is 5.16. The lowest BCUT2D eigenvalue weighted by atomic mass is 9.96. The molecule has 3 rings (SSSR count). The Morgan fingerprint density at radius 3 is 2.50 bits per heavy atom. The van der Waals surface area contributed by atoms with Gasteiger partial charge in [0.05, 0.1) is 0 Å². The molecule has 4 heteroatoms. The van der Waals surface area contributed by atoms with Gasteiger partial charge in [-0.25, -0.2) is 0 Å². The Morgan fingerprint density at radius 1 is 1.20 bits per heavy atom. The monoisotopic (exact) mass is 312 g/mol. The first-order chi connectivity index (χ1) is 9.54. The van der Waals surface area contributed by atoms with Gasteiger partial charge in [0, 0.05) is 34.2 Å². The zero-order valence-corrected chi connectivity index (χ0v) is 13.6. The summed E-state index contributed by atoms with van der Waals surface area (Å²) in [4.78, 5) is 2.48. The number of hydrogen-bond donors (Lipinski definition) is 1. The predicted molar refractivity (Wildman–Crippen MR) is 85.6 cm³/mol. The van der Waals surface area contributed by atoms with Crippen LogP contribution in [0.15, 0.2) is 18.2 Å². The number of nitrogens with one attached hydrogen (secondary N) is 1. The summed E-state index contributed by atoms with van der Waals surface area (Å²) in [7, 11) is 2.22. The van der Waals surface area contributed by atoms with Gasteiger partial charge in [-0.3, -0.25) is 4.90 Å². The Morgan fingerprint density at radius 2 is 1.85 bits per heavy atom. The number of halogens is 2. The summed E-state index contributed by atoms with van der Waals surface area (Å²) >= 11 is 12.5. The Balaban J connectivity index is 1.76. The molecule has 110 valence electrons. The van der Waals surface area contributed by atoms with Crippen molar-refractivity contribution in [2.75, 3.05) is 7.05 Å². The van der Waals surface area contributed by atoms with Crippen LogP contribution in [0.2, 0.25) is 10.0 Å². The molecule has 2 heterocycles. The van der Waals surface area contributed by atoms with Crippen molar-refractivity contribution in [1.82, 2.24) is 10.2 Å². The molecule has 2 nitrogen and oxygen atoms in total. The quantitative estimate of drug-likeness (QED) is 0.896. The molecule has 0 radical (unpaired) electrons. The summed E-state index contributed by atoms with van der Waals surface area (Å²) < 4.78 is 0. The van der Waals surface area contributed by atoms with Crippen LogP contribution in [-0.4, -0.2) is 30.1 Å². The van der Waals surface area contributed by atoms with Crippen LogP contribution in [0.25, 0.3) is 0 Å². The number of benzene rings is 1. The second-order valence-electron chi connectivity index (χ2n) is 6.27. The normalized spacial score (nSPS) is 30.8. The fraction of sp³-hybridized carbons (Fsp3) is 0.625. The molecule has 0 aliphatic carbocycles. The molecule has 1 aromatic carbocycles. The first kappa shape index (κ1) is 14.6. The van der Waals surface area contributed by atoms with E-state index in [2.05, 4.69) is 24.2 Å². The van der Waals surface area contributed by atoms with E-state index in [0.29, 0.717) is 24.2 Å². The second-order valence-corrected chi connectivity index (χ2v) is 7.11. The maximum Gasteiger partial charge on any atom is 0.0454 e. The molecule has 0 saturated carbocycles. The molecule has 3 atom stereocenters. The van der Waals surface area contributed by atoms with Crippen molar-refractivity contribution in [2.24, 2.45) is 0 Å². The van der Waals surface area contributed by atoms with E-state index in [1.165, 1.54) is 25.7 Å². The van der Waals surface area contributed by atoms with Gasteiger partial charge >= 0.3 is 0 Å². The molecule has 0 aromatic heterocycles. The van der Waals surface area contributed by atoms with E-state index in [9.17, 15) is 0 Å². The summed E-state index contributed by atoms with van der Waals surface area (Å²) in [5, 5.41) is 5.27. The van der Waals surface area contributed by atoms with Crippen molar-refractivity contribution in [1.29, 1.82) is 0 Å². The van der Waals surface area contributed by atoms with Crippen LogP contribution in [0.5, 0.6) is 0 Å². The maximum absolute atomic E-state index is 6.35. The molecule has 2 aliphatic heterocycles. The Hall–Kier alpha value is -0.280. The van der Waals surface area contributed by atoms with E-state index >= 15 is 0 Å². The van der Waals surface area contributed by atoms with Crippen LogP contribution >= 0.6 is 23.2 Å². The molecular formula is C16H22Cl2N2. The minimum atomic E-state index is 0.295. The number of rotatable bonds is 3. The molecule has 2 fully saturated rings. The van der Waals surface area contributed by atoms with Gasteiger partial charge in [-0.05, 0) is 63.4 Å². The van der Waals surface area contributed by atoms with Gasteiger partial charge in [0.25, 0.3) is 0 Å². The predicted octanol–water partition coefficient (Wildman–Crippen LogP) is 4.27. The minimum Gasteiger partial charge on any atom is -0.311 e. The topological polar surface area (TPSA) is 15.3 Å². The standard InChI is InChI=1S/C16H22Cl2N2/c1-10(15-7-11(17)3-6-16(15)18)20(2)14-8-12-4-5-13(9-14)19-12/h3,6-7,10,12-14,19H,4-5,8-9H2,1-2H3. The molecule has 20 heavy (non-hydrogen) atoms. The van der Waals surface area contributed by atoms with Gasteiger partial charge in [-0.1, -0.05) is 23.2 Å². The van der Waals surface area contributed by atoms with Gasteiger partial charge in [-0.15, -0.1) is 0 Å².